The zero-order chi connectivity index (χ0) is 18.9. The van der Waals surface area contributed by atoms with Gasteiger partial charge in [0.05, 0.1) is 11.4 Å². The van der Waals surface area contributed by atoms with Gasteiger partial charge in [-0.3, -0.25) is 0 Å². The average Bonchev–Trinajstić information content (AvgIpc) is 3.37. The third-order valence-electron chi connectivity index (χ3n) is 4.32. The number of fused-ring (bicyclic) bond motifs is 1. The van der Waals surface area contributed by atoms with E-state index in [4.69, 9.17) is 9.47 Å². The average molecular weight is 372 g/mol. The fourth-order valence-corrected chi connectivity index (χ4v) is 2.93. The topological polar surface area (TPSA) is 87.0 Å². The van der Waals surface area contributed by atoms with Crippen molar-refractivity contribution in [1.29, 1.82) is 0 Å². The quantitative estimate of drug-likeness (QED) is 0.586. The number of benzene rings is 2. The maximum absolute atomic E-state index is 5.44. The summed E-state index contributed by atoms with van der Waals surface area (Å²) in [6, 6.07) is 15.4. The molecule has 4 aromatic rings. The summed E-state index contributed by atoms with van der Waals surface area (Å²) < 4.78 is 12.5. The highest BCUT2D eigenvalue weighted by Gasteiger charge is 2.14. The molecule has 28 heavy (non-hydrogen) atoms. The van der Waals surface area contributed by atoms with E-state index in [9.17, 15) is 0 Å². The van der Waals surface area contributed by atoms with E-state index in [1.807, 2.05) is 55.5 Å². The van der Waals surface area contributed by atoms with E-state index in [0.29, 0.717) is 5.95 Å². The van der Waals surface area contributed by atoms with Gasteiger partial charge in [0.25, 0.3) is 0 Å². The summed E-state index contributed by atoms with van der Waals surface area (Å²) in [5, 5.41) is 7.53. The van der Waals surface area contributed by atoms with Crippen molar-refractivity contribution in [1.82, 2.24) is 24.7 Å². The first-order valence-corrected chi connectivity index (χ1v) is 8.73. The van der Waals surface area contributed by atoms with Crippen molar-refractivity contribution in [2.75, 3.05) is 12.1 Å². The van der Waals surface area contributed by atoms with Crippen LogP contribution < -0.4 is 14.8 Å². The third kappa shape index (κ3) is 3.11. The first-order valence-electron chi connectivity index (χ1n) is 8.73. The Balaban J connectivity index is 1.37. The first kappa shape index (κ1) is 16.2. The summed E-state index contributed by atoms with van der Waals surface area (Å²) in [7, 11) is 0. The number of nitrogens with zero attached hydrogens (tertiary/aromatic N) is 5. The van der Waals surface area contributed by atoms with Gasteiger partial charge in [-0.1, -0.05) is 0 Å². The molecule has 1 aliphatic rings. The zero-order valence-corrected chi connectivity index (χ0v) is 15.0. The van der Waals surface area contributed by atoms with Gasteiger partial charge in [-0.15, -0.1) is 0 Å². The molecule has 0 atom stereocenters. The second-order valence-corrected chi connectivity index (χ2v) is 6.24. The van der Waals surface area contributed by atoms with Gasteiger partial charge in [-0.25, -0.2) is 19.6 Å². The Bertz CT molecular complexity index is 1140. The first-order chi connectivity index (χ1) is 13.7. The Morgan fingerprint density at radius 2 is 1.82 bits per heavy atom. The molecule has 1 aliphatic heterocycles. The van der Waals surface area contributed by atoms with E-state index in [1.165, 1.54) is 0 Å². The van der Waals surface area contributed by atoms with Crippen molar-refractivity contribution in [3.63, 3.8) is 0 Å². The zero-order valence-electron chi connectivity index (χ0n) is 15.0. The number of hydrogen-bond donors (Lipinski definition) is 1. The van der Waals surface area contributed by atoms with Crippen LogP contribution in [-0.2, 0) is 0 Å². The molecule has 0 spiro atoms. The lowest BCUT2D eigenvalue weighted by atomic mass is 10.1. The Morgan fingerprint density at radius 3 is 2.64 bits per heavy atom. The van der Waals surface area contributed by atoms with E-state index < -0.39 is 0 Å². The minimum atomic E-state index is 0.250. The molecule has 138 valence electrons. The fourth-order valence-electron chi connectivity index (χ4n) is 2.93. The van der Waals surface area contributed by atoms with Gasteiger partial charge in [0.1, 0.15) is 12.2 Å². The number of rotatable bonds is 4. The van der Waals surface area contributed by atoms with E-state index in [-0.39, 0.29) is 6.79 Å². The standard InChI is InChI=1S/C20H16N6O2/c1-13-22-11-26(25-13)16-5-3-15(4-6-16)23-20-21-9-8-17(24-20)14-2-7-18-19(10-14)28-12-27-18/h2-11H,12H2,1H3,(H,21,23,24). The van der Waals surface area contributed by atoms with Crippen LogP contribution in [0, 0.1) is 6.92 Å². The van der Waals surface area contributed by atoms with Crippen LogP contribution in [0.4, 0.5) is 11.6 Å². The lowest BCUT2D eigenvalue weighted by Crippen LogP contribution is -1.99. The van der Waals surface area contributed by atoms with Crippen molar-refractivity contribution < 1.29 is 9.47 Å². The molecule has 0 aliphatic carbocycles. The molecule has 2 aromatic heterocycles. The summed E-state index contributed by atoms with van der Waals surface area (Å²) in [4.78, 5) is 13.1. The second-order valence-electron chi connectivity index (χ2n) is 6.24. The molecular formula is C20H16N6O2. The molecule has 0 saturated heterocycles. The molecule has 0 radical (unpaired) electrons. The van der Waals surface area contributed by atoms with Crippen LogP contribution in [0.25, 0.3) is 16.9 Å². The van der Waals surface area contributed by atoms with E-state index in [0.717, 1.165) is 40.0 Å². The Kier molecular flexibility index (Phi) is 3.86. The van der Waals surface area contributed by atoms with Gasteiger partial charge in [0.15, 0.2) is 11.5 Å². The van der Waals surface area contributed by atoms with Gasteiger partial charge >= 0.3 is 0 Å². The molecular weight excluding hydrogens is 356 g/mol. The van der Waals surface area contributed by atoms with Crippen LogP contribution in [0.3, 0.4) is 0 Å². The largest absolute Gasteiger partial charge is 0.454 e. The summed E-state index contributed by atoms with van der Waals surface area (Å²) in [6.07, 6.45) is 3.41. The van der Waals surface area contributed by atoms with Crippen LogP contribution in [-0.4, -0.2) is 31.5 Å². The van der Waals surface area contributed by atoms with Crippen molar-refractivity contribution in [3.8, 4) is 28.4 Å². The maximum atomic E-state index is 5.44. The summed E-state index contributed by atoms with van der Waals surface area (Å²) in [5.74, 6) is 2.72. The lowest BCUT2D eigenvalue weighted by molar-refractivity contribution is 0.174. The SMILES string of the molecule is Cc1ncn(-c2ccc(Nc3nccc(-c4ccc5c(c4)OCO5)n3)cc2)n1. The van der Waals surface area contributed by atoms with Crippen molar-refractivity contribution in [2.24, 2.45) is 0 Å². The van der Waals surface area contributed by atoms with Crippen LogP contribution in [0.2, 0.25) is 0 Å². The Morgan fingerprint density at radius 1 is 0.964 bits per heavy atom. The predicted molar refractivity (Wildman–Crippen MR) is 103 cm³/mol. The highest BCUT2D eigenvalue weighted by Crippen LogP contribution is 2.35. The molecule has 8 nitrogen and oxygen atoms in total. The van der Waals surface area contributed by atoms with E-state index >= 15 is 0 Å². The van der Waals surface area contributed by atoms with E-state index in [1.54, 1.807) is 17.2 Å². The van der Waals surface area contributed by atoms with Crippen molar-refractivity contribution in [2.45, 2.75) is 6.92 Å². The number of ether oxygens (including phenoxy) is 2. The van der Waals surface area contributed by atoms with Gasteiger partial charge in [0.2, 0.25) is 12.7 Å². The van der Waals surface area contributed by atoms with Crippen molar-refractivity contribution in [3.05, 3.63) is 66.9 Å². The molecule has 5 rings (SSSR count). The normalized spacial score (nSPS) is 12.2. The molecule has 2 aromatic carbocycles. The number of hydrogen-bond acceptors (Lipinski definition) is 7. The molecule has 0 saturated carbocycles. The predicted octanol–water partition coefficient (Wildman–Crippen LogP) is 3.51. The summed E-state index contributed by atoms with van der Waals surface area (Å²) in [5.41, 5.74) is 3.54. The smallest absolute Gasteiger partial charge is 0.231 e. The maximum Gasteiger partial charge on any atom is 0.231 e. The van der Waals surface area contributed by atoms with Crippen LogP contribution >= 0.6 is 0 Å². The van der Waals surface area contributed by atoms with Crippen molar-refractivity contribution >= 4 is 11.6 Å². The number of aromatic nitrogens is 5. The molecule has 0 bridgehead atoms. The molecule has 0 unspecified atom stereocenters. The molecule has 8 heteroatoms. The molecule has 1 N–H and O–H groups in total. The lowest BCUT2D eigenvalue weighted by Gasteiger charge is -2.08. The highest BCUT2D eigenvalue weighted by atomic mass is 16.7. The van der Waals surface area contributed by atoms with Crippen LogP contribution in [0.1, 0.15) is 5.82 Å². The fraction of sp³-hybridized carbons (Fsp3) is 0.100. The van der Waals surface area contributed by atoms with Gasteiger partial charge < -0.3 is 14.8 Å². The molecule has 0 fully saturated rings. The summed E-state index contributed by atoms with van der Waals surface area (Å²) >= 11 is 0. The molecule has 0 amide bonds. The van der Waals surface area contributed by atoms with E-state index in [2.05, 4.69) is 25.4 Å². The van der Waals surface area contributed by atoms with Crippen LogP contribution in [0.15, 0.2) is 61.1 Å². The monoisotopic (exact) mass is 372 g/mol. The van der Waals surface area contributed by atoms with Gasteiger partial charge in [-0.2, -0.15) is 5.10 Å². The highest BCUT2D eigenvalue weighted by molar-refractivity contribution is 5.66. The number of aryl methyl sites for hydroxylation is 1. The van der Waals surface area contributed by atoms with Crippen LogP contribution in [0.5, 0.6) is 11.5 Å². The number of anilines is 2. The third-order valence-corrected chi connectivity index (χ3v) is 4.32. The minimum absolute atomic E-state index is 0.250. The summed E-state index contributed by atoms with van der Waals surface area (Å²) in [6.45, 7) is 2.11. The second kappa shape index (κ2) is 6.66. The Hall–Kier alpha value is -3.94. The molecule has 3 heterocycles. The van der Waals surface area contributed by atoms with Gasteiger partial charge in [0, 0.05) is 17.4 Å². The Labute approximate surface area is 160 Å². The van der Waals surface area contributed by atoms with Gasteiger partial charge in [-0.05, 0) is 55.5 Å². The minimum Gasteiger partial charge on any atom is -0.454 e. The number of nitrogens with one attached hydrogen (secondary N) is 1.